The fourth-order valence-corrected chi connectivity index (χ4v) is 3.10. The number of hydrogen-bond donors (Lipinski definition) is 1. The third kappa shape index (κ3) is 2.06. The molecule has 2 atom stereocenters. The molecule has 0 radical (unpaired) electrons. The van der Waals surface area contributed by atoms with Crippen LogP contribution in [-0.4, -0.2) is 23.4 Å². The van der Waals surface area contributed by atoms with Crippen LogP contribution in [0.1, 0.15) is 43.1 Å². The van der Waals surface area contributed by atoms with E-state index in [0.717, 1.165) is 6.42 Å². The number of carbonyl (C=O) groups excluding carboxylic acids is 1. The molecule has 1 aromatic carbocycles. The van der Waals surface area contributed by atoms with E-state index in [0.29, 0.717) is 12.6 Å². The number of benzene rings is 1. The average Bonchev–Trinajstić information content (AvgIpc) is 2.79. The maximum absolute atomic E-state index is 12.2. The van der Waals surface area contributed by atoms with Gasteiger partial charge in [0.25, 0.3) is 0 Å². The molecule has 3 rings (SSSR count). The van der Waals surface area contributed by atoms with Gasteiger partial charge in [-0.05, 0) is 36.8 Å². The summed E-state index contributed by atoms with van der Waals surface area (Å²) >= 11 is 0. The van der Waals surface area contributed by atoms with E-state index >= 15 is 0 Å². The fraction of sp³-hybridized carbons (Fsp3) is 0.562. The Kier molecular flexibility index (Phi) is 2.72. The second-order valence-electron chi connectivity index (χ2n) is 6.65. The van der Waals surface area contributed by atoms with Crippen molar-refractivity contribution in [2.75, 3.05) is 6.54 Å². The van der Waals surface area contributed by atoms with Gasteiger partial charge in [-0.25, -0.2) is 0 Å². The van der Waals surface area contributed by atoms with Crippen LogP contribution in [0.15, 0.2) is 18.2 Å². The van der Waals surface area contributed by atoms with E-state index in [1.54, 1.807) is 0 Å². The zero-order chi connectivity index (χ0) is 13.8. The van der Waals surface area contributed by atoms with Crippen LogP contribution in [0, 0.1) is 19.3 Å². The monoisotopic (exact) mass is 258 g/mol. The number of hydrogen-bond acceptors (Lipinski definition) is 2. The molecule has 19 heavy (non-hydrogen) atoms. The van der Waals surface area contributed by atoms with Gasteiger partial charge in [0.15, 0.2) is 0 Å². The largest absolute Gasteiger partial charge is 0.318 e. The summed E-state index contributed by atoms with van der Waals surface area (Å²) in [5, 5.41) is 3.38. The summed E-state index contributed by atoms with van der Waals surface area (Å²) in [6.45, 7) is 9.16. The van der Waals surface area contributed by atoms with Gasteiger partial charge in [0.2, 0.25) is 5.91 Å². The second-order valence-corrected chi connectivity index (χ2v) is 6.65. The van der Waals surface area contributed by atoms with Crippen LogP contribution in [0.3, 0.4) is 0 Å². The first kappa shape index (κ1) is 12.7. The van der Waals surface area contributed by atoms with Gasteiger partial charge in [-0.1, -0.05) is 37.6 Å². The van der Waals surface area contributed by atoms with Crippen LogP contribution < -0.4 is 5.32 Å². The van der Waals surface area contributed by atoms with Gasteiger partial charge < -0.3 is 4.90 Å². The number of nitrogens with zero attached hydrogens (tertiary/aromatic N) is 1. The van der Waals surface area contributed by atoms with Crippen molar-refractivity contribution in [2.24, 2.45) is 5.41 Å². The van der Waals surface area contributed by atoms with Crippen LogP contribution in [-0.2, 0) is 4.79 Å². The molecule has 1 N–H and O–H groups in total. The van der Waals surface area contributed by atoms with Crippen molar-refractivity contribution in [3.63, 3.8) is 0 Å². The van der Waals surface area contributed by atoms with Gasteiger partial charge >= 0.3 is 0 Å². The van der Waals surface area contributed by atoms with Crippen molar-refractivity contribution in [3.8, 4) is 0 Å². The molecule has 0 aromatic heterocycles. The highest BCUT2D eigenvalue weighted by Crippen LogP contribution is 2.51. The molecule has 1 aliphatic heterocycles. The number of amides is 1. The molecule has 1 amide bonds. The Morgan fingerprint density at radius 3 is 2.63 bits per heavy atom. The molecule has 1 saturated carbocycles. The molecular formula is C16H22N2O. The third-order valence-corrected chi connectivity index (χ3v) is 4.54. The first-order valence-electron chi connectivity index (χ1n) is 7.02. The molecule has 1 heterocycles. The zero-order valence-electron chi connectivity index (χ0n) is 12.2. The minimum absolute atomic E-state index is 0.0548. The Morgan fingerprint density at radius 2 is 2.00 bits per heavy atom. The van der Waals surface area contributed by atoms with Crippen molar-refractivity contribution >= 4 is 5.91 Å². The van der Waals surface area contributed by atoms with Crippen molar-refractivity contribution < 1.29 is 4.79 Å². The number of rotatable bonds is 2. The molecule has 2 unspecified atom stereocenters. The lowest BCUT2D eigenvalue weighted by Gasteiger charge is -2.27. The average molecular weight is 258 g/mol. The Hall–Kier alpha value is -1.35. The van der Waals surface area contributed by atoms with Crippen molar-refractivity contribution in [3.05, 3.63) is 34.9 Å². The highest BCUT2D eigenvalue weighted by molar-refractivity contribution is 5.82. The molecule has 3 nitrogen and oxygen atoms in total. The highest BCUT2D eigenvalue weighted by Gasteiger charge is 2.54. The topological polar surface area (TPSA) is 32.3 Å². The first-order valence-corrected chi connectivity index (χ1v) is 7.02. The van der Waals surface area contributed by atoms with E-state index in [1.165, 1.54) is 16.7 Å². The lowest BCUT2D eigenvalue weighted by atomic mass is 10.0. The third-order valence-electron chi connectivity index (χ3n) is 4.54. The molecule has 2 aliphatic rings. The molecular weight excluding hydrogens is 236 g/mol. The lowest BCUT2D eigenvalue weighted by molar-refractivity contribution is -0.129. The van der Waals surface area contributed by atoms with Crippen LogP contribution in [0.4, 0.5) is 0 Å². The molecule has 1 aliphatic carbocycles. The minimum Gasteiger partial charge on any atom is -0.318 e. The summed E-state index contributed by atoms with van der Waals surface area (Å²) in [5.41, 5.74) is 4.02. The van der Waals surface area contributed by atoms with Crippen molar-refractivity contribution in [2.45, 2.75) is 46.3 Å². The van der Waals surface area contributed by atoms with Gasteiger partial charge in [0.1, 0.15) is 6.17 Å². The van der Waals surface area contributed by atoms with E-state index < -0.39 is 0 Å². The maximum atomic E-state index is 12.2. The Morgan fingerprint density at radius 1 is 1.32 bits per heavy atom. The quantitative estimate of drug-likeness (QED) is 0.884. The number of carbonyl (C=O) groups is 1. The molecule has 1 aromatic rings. The number of aryl methyl sites for hydroxylation is 2. The van der Waals surface area contributed by atoms with E-state index in [1.807, 2.05) is 0 Å². The lowest BCUT2D eigenvalue weighted by Crippen LogP contribution is -2.34. The zero-order valence-corrected chi connectivity index (χ0v) is 12.2. The number of nitrogens with one attached hydrogen (secondary N) is 1. The highest BCUT2D eigenvalue weighted by atomic mass is 16.2. The molecule has 2 fully saturated rings. The summed E-state index contributed by atoms with van der Waals surface area (Å²) in [4.78, 5) is 14.3. The summed E-state index contributed by atoms with van der Waals surface area (Å²) in [7, 11) is 0. The molecule has 0 bridgehead atoms. The molecule has 0 spiro atoms. The molecule has 3 heteroatoms. The van der Waals surface area contributed by atoms with E-state index in [-0.39, 0.29) is 17.5 Å². The van der Waals surface area contributed by atoms with Crippen LogP contribution >= 0.6 is 0 Å². The summed E-state index contributed by atoms with van der Waals surface area (Å²) in [6, 6.07) is 6.86. The Bertz CT molecular complexity index is 536. The van der Waals surface area contributed by atoms with Crippen molar-refractivity contribution in [1.29, 1.82) is 0 Å². The predicted molar refractivity (Wildman–Crippen MR) is 75.7 cm³/mol. The van der Waals surface area contributed by atoms with E-state index in [9.17, 15) is 4.79 Å². The normalized spacial score (nSPS) is 28.8. The SMILES string of the molecule is Cc1ccc(C)c(C2NCC(=O)N2C2CC2(C)C)c1. The van der Waals surface area contributed by atoms with E-state index in [2.05, 4.69) is 56.1 Å². The Labute approximate surface area is 115 Å². The summed E-state index contributed by atoms with van der Waals surface area (Å²) in [6.07, 6.45) is 1.17. The second kappa shape index (κ2) is 4.07. The maximum Gasteiger partial charge on any atom is 0.238 e. The first-order chi connectivity index (χ1) is 8.90. The van der Waals surface area contributed by atoms with Crippen LogP contribution in [0.2, 0.25) is 0 Å². The standard InChI is InChI=1S/C16H22N2O/c1-10-5-6-11(2)12(7-10)15-17-9-14(19)18(15)13-8-16(13,3)4/h5-7,13,15,17H,8-9H2,1-4H3. The predicted octanol–water partition coefficient (Wildman–Crippen LogP) is 2.53. The van der Waals surface area contributed by atoms with Gasteiger partial charge in [-0.2, -0.15) is 0 Å². The van der Waals surface area contributed by atoms with Crippen LogP contribution in [0.5, 0.6) is 0 Å². The summed E-state index contributed by atoms with van der Waals surface area (Å²) in [5.74, 6) is 0.237. The van der Waals surface area contributed by atoms with Gasteiger partial charge in [-0.3, -0.25) is 10.1 Å². The minimum atomic E-state index is 0.0548. The van der Waals surface area contributed by atoms with Crippen LogP contribution in [0.25, 0.3) is 0 Å². The van der Waals surface area contributed by atoms with E-state index in [4.69, 9.17) is 0 Å². The fourth-order valence-electron chi connectivity index (χ4n) is 3.10. The molecule has 1 saturated heterocycles. The summed E-state index contributed by atoms with van der Waals surface area (Å²) < 4.78 is 0. The smallest absolute Gasteiger partial charge is 0.238 e. The Balaban J connectivity index is 1.95. The van der Waals surface area contributed by atoms with Gasteiger partial charge in [0, 0.05) is 6.04 Å². The van der Waals surface area contributed by atoms with Gasteiger partial charge in [-0.15, -0.1) is 0 Å². The van der Waals surface area contributed by atoms with Gasteiger partial charge in [0.05, 0.1) is 6.54 Å². The molecule has 102 valence electrons. The van der Waals surface area contributed by atoms with Crippen molar-refractivity contribution in [1.82, 2.24) is 10.2 Å².